The maximum absolute atomic E-state index is 13.3. The Kier molecular flexibility index (Phi) is 4.30. The molecular weight excluding hydrogens is 373 g/mol. The molecule has 1 fully saturated rings. The number of benzene rings is 2. The molecule has 7 heteroatoms. The Hall–Kier alpha value is -3.22. The minimum atomic E-state index is -0.335. The van der Waals surface area contributed by atoms with Crippen molar-refractivity contribution in [1.82, 2.24) is 15.2 Å². The van der Waals surface area contributed by atoms with Gasteiger partial charge in [-0.25, -0.2) is 9.37 Å². The number of hydrogen-bond donors (Lipinski definition) is 1. The molecule has 1 saturated heterocycles. The van der Waals surface area contributed by atoms with E-state index in [1.165, 1.54) is 12.1 Å². The van der Waals surface area contributed by atoms with Crippen LogP contribution in [0.1, 0.15) is 45.0 Å². The molecule has 1 N–H and O–H groups in total. The van der Waals surface area contributed by atoms with Crippen molar-refractivity contribution in [1.29, 1.82) is 0 Å². The molecule has 0 aliphatic carbocycles. The molecule has 0 spiro atoms. The van der Waals surface area contributed by atoms with Gasteiger partial charge in [-0.3, -0.25) is 9.59 Å². The summed E-state index contributed by atoms with van der Waals surface area (Å²) in [5.41, 5.74) is 3.29. The van der Waals surface area contributed by atoms with E-state index in [0.29, 0.717) is 60.1 Å². The summed E-state index contributed by atoms with van der Waals surface area (Å²) in [6, 6.07) is 9.64. The van der Waals surface area contributed by atoms with Gasteiger partial charge in [-0.2, -0.15) is 0 Å². The van der Waals surface area contributed by atoms with Gasteiger partial charge in [-0.05, 0) is 54.7 Å². The van der Waals surface area contributed by atoms with Crippen LogP contribution in [0.25, 0.3) is 11.1 Å². The van der Waals surface area contributed by atoms with Crippen LogP contribution in [0, 0.1) is 11.7 Å². The average molecular weight is 393 g/mol. The lowest BCUT2D eigenvalue weighted by atomic mass is 9.93. The number of nitrogens with one attached hydrogen (secondary N) is 1. The van der Waals surface area contributed by atoms with Crippen LogP contribution >= 0.6 is 0 Å². The quantitative estimate of drug-likeness (QED) is 0.741. The number of oxazole rings is 1. The fourth-order valence-electron chi connectivity index (χ4n) is 4.17. The monoisotopic (exact) mass is 393 g/mol. The van der Waals surface area contributed by atoms with Crippen LogP contribution in [0.5, 0.6) is 0 Å². The Morgan fingerprint density at radius 2 is 2.03 bits per heavy atom. The molecule has 0 atom stereocenters. The van der Waals surface area contributed by atoms with Gasteiger partial charge in [0.05, 0.1) is 0 Å². The van der Waals surface area contributed by atoms with Crippen molar-refractivity contribution in [2.75, 3.05) is 13.1 Å². The number of fused-ring (bicyclic) bond motifs is 2. The topological polar surface area (TPSA) is 75.4 Å². The van der Waals surface area contributed by atoms with Crippen LogP contribution in [-0.4, -0.2) is 34.8 Å². The molecule has 0 unspecified atom stereocenters. The second-order valence-corrected chi connectivity index (χ2v) is 7.71. The van der Waals surface area contributed by atoms with Crippen molar-refractivity contribution in [2.45, 2.75) is 25.8 Å². The van der Waals surface area contributed by atoms with Gasteiger partial charge in [-0.1, -0.05) is 0 Å². The number of carbonyl (C=O) groups excluding carboxylic acids is 2. The molecule has 2 aliphatic rings. The first-order valence-corrected chi connectivity index (χ1v) is 9.82. The maximum Gasteiger partial charge on any atom is 0.253 e. The summed E-state index contributed by atoms with van der Waals surface area (Å²) in [5.74, 6) is 0.577. The second-order valence-electron chi connectivity index (χ2n) is 7.71. The molecule has 0 saturated carbocycles. The predicted octanol–water partition coefficient (Wildman–Crippen LogP) is 3.31. The van der Waals surface area contributed by atoms with Crippen LogP contribution in [0.2, 0.25) is 0 Å². The number of aromatic nitrogens is 1. The number of amides is 2. The summed E-state index contributed by atoms with van der Waals surface area (Å²) in [5, 5.41) is 2.77. The van der Waals surface area contributed by atoms with Gasteiger partial charge in [0, 0.05) is 43.2 Å². The van der Waals surface area contributed by atoms with Crippen LogP contribution in [0.4, 0.5) is 4.39 Å². The minimum Gasteiger partial charge on any atom is -0.441 e. The SMILES string of the molecule is O=C1NCc2cc(C(=O)N3CCC(Cc4nc5ccc(F)cc5o4)CC3)ccc21. The molecule has 2 aliphatic heterocycles. The molecule has 3 aromatic rings. The van der Waals surface area contributed by atoms with Gasteiger partial charge < -0.3 is 14.6 Å². The first kappa shape index (κ1) is 17.8. The standard InChI is InChI=1S/C22H20FN3O3/c23-16-2-4-18-19(11-16)29-20(25-18)9-13-5-7-26(8-6-13)22(28)14-1-3-17-15(10-14)12-24-21(17)27/h1-4,10-11,13H,5-9,12H2,(H,24,27). The third-order valence-electron chi connectivity index (χ3n) is 5.80. The summed E-state index contributed by atoms with van der Waals surface area (Å²) in [6.07, 6.45) is 2.42. The maximum atomic E-state index is 13.3. The largest absolute Gasteiger partial charge is 0.441 e. The average Bonchev–Trinajstić information content (AvgIpc) is 3.30. The van der Waals surface area contributed by atoms with E-state index in [4.69, 9.17) is 4.42 Å². The highest BCUT2D eigenvalue weighted by atomic mass is 19.1. The summed E-state index contributed by atoms with van der Waals surface area (Å²) >= 11 is 0. The molecule has 3 heterocycles. The molecule has 5 rings (SSSR count). The lowest BCUT2D eigenvalue weighted by molar-refractivity contribution is 0.0688. The van der Waals surface area contributed by atoms with E-state index >= 15 is 0 Å². The predicted molar refractivity (Wildman–Crippen MR) is 104 cm³/mol. The summed E-state index contributed by atoms with van der Waals surface area (Å²) < 4.78 is 19.0. The number of likely N-dealkylation sites (tertiary alicyclic amines) is 1. The van der Waals surface area contributed by atoms with Crippen LogP contribution in [-0.2, 0) is 13.0 Å². The number of hydrogen-bond acceptors (Lipinski definition) is 4. The highest BCUT2D eigenvalue weighted by Crippen LogP contribution is 2.26. The minimum absolute atomic E-state index is 0.00272. The van der Waals surface area contributed by atoms with Gasteiger partial charge in [-0.15, -0.1) is 0 Å². The fraction of sp³-hybridized carbons (Fsp3) is 0.318. The van der Waals surface area contributed by atoms with Gasteiger partial charge >= 0.3 is 0 Å². The third-order valence-corrected chi connectivity index (χ3v) is 5.80. The van der Waals surface area contributed by atoms with E-state index in [1.54, 1.807) is 18.2 Å². The van der Waals surface area contributed by atoms with Crippen molar-refractivity contribution < 1.29 is 18.4 Å². The van der Waals surface area contributed by atoms with Crippen molar-refractivity contribution in [3.8, 4) is 0 Å². The Morgan fingerprint density at radius 1 is 1.21 bits per heavy atom. The van der Waals surface area contributed by atoms with E-state index in [1.807, 2.05) is 11.0 Å². The number of carbonyl (C=O) groups is 2. The fourth-order valence-corrected chi connectivity index (χ4v) is 4.17. The molecule has 148 valence electrons. The Bertz CT molecular complexity index is 1120. The van der Waals surface area contributed by atoms with E-state index in [2.05, 4.69) is 10.3 Å². The summed E-state index contributed by atoms with van der Waals surface area (Å²) in [7, 11) is 0. The first-order valence-electron chi connectivity index (χ1n) is 9.82. The Labute approximate surface area is 166 Å². The van der Waals surface area contributed by atoms with Gasteiger partial charge in [0.1, 0.15) is 11.3 Å². The number of rotatable bonds is 3. The zero-order chi connectivity index (χ0) is 20.0. The number of halogens is 1. The molecular formula is C22H20FN3O3. The van der Waals surface area contributed by atoms with Crippen molar-refractivity contribution in [3.05, 3.63) is 64.8 Å². The molecule has 0 bridgehead atoms. The van der Waals surface area contributed by atoms with Crippen LogP contribution in [0.3, 0.4) is 0 Å². The van der Waals surface area contributed by atoms with Gasteiger partial charge in [0.15, 0.2) is 11.5 Å². The number of piperidine rings is 1. The zero-order valence-corrected chi connectivity index (χ0v) is 15.8. The molecule has 2 amide bonds. The van der Waals surface area contributed by atoms with E-state index in [9.17, 15) is 14.0 Å². The Balaban J connectivity index is 1.22. The summed E-state index contributed by atoms with van der Waals surface area (Å²) in [6.45, 7) is 1.82. The molecule has 29 heavy (non-hydrogen) atoms. The highest BCUT2D eigenvalue weighted by molar-refractivity contribution is 6.01. The van der Waals surface area contributed by atoms with Crippen LogP contribution < -0.4 is 5.32 Å². The van der Waals surface area contributed by atoms with Crippen molar-refractivity contribution in [2.24, 2.45) is 5.92 Å². The molecule has 0 radical (unpaired) electrons. The van der Waals surface area contributed by atoms with E-state index < -0.39 is 0 Å². The molecule has 1 aromatic heterocycles. The Morgan fingerprint density at radius 3 is 2.86 bits per heavy atom. The normalized spacial score (nSPS) is 16.9. The molecule has 6 nitrogen and oxygen atoms in total. The second kappa shape index (κ2) is 6.99. The third kappa shape index (κ3) is 3.37. The lowest BCUT2D eigenvalue weighted by Crippen LogP contribution is -2.39. The van der Waals surface area contributed by atoms with E-state index in [0.717, 1.165) is 18.4 Å². The van der Waals surface area contributed by atoms with Gasteiger partial charge in [0.2, 0.25) is 0 Å². The highest BCUT2D eigenvalue weighted by Gasteiger charge is 2.26. The first-order chi connectivity index (χ1) is 14.1. The zero-order valence-electron chi connectivity index (χ0n) is 15.8. The van der Waals surface area contributed by atoms with Crippen LogP contribution in [0.15, 0.2) is 40.8 Å². The van der Waals surface area contributed by atoms with Gasteiger partial charge in [0.25, 0.3) is 11.8 Å². The van der Waals surface area contributed by atoms with E-state index in [-0.39, 0.29) is 17.6 Å². The van der Waals surface area contributed by atoms with Crippen molar-refractivity contribution in [3.63, 3.8) is 0 Å². The summed E-state index contributed by atoms with van der Waals surface area (Å²) in [4.78, 5) is 30.8. The molecule has 2 aromatic carbocycles. The smallest absolute Gasteiger partial charge is 0.253 e. The lowest BCUT2D eigenvalue weighted by Gasteiger charge is -2.31. The van der Waals surface area contributed by atoms with Crippen molar-refractivity contribution >= 4 is 22.9 Å². The number of nitrogens with zero attached hydrogens (tertiary/aromatic N) is 2.